The molecule has 0 amide bonds. The van der Waals surface area contributed by atoms with Crippen molar-refractivity contribution in [2.75, 3.05) is 0 Å². The molecule has 0 saturated heterocycles. The van der Waals surface area contributed by atoms with Crippen LogP contribution in [0.15, 0.2) is 18.2 Å². The summed E-state index contributed by atoms with van der Waals surface area (Å²) in [6.07, 6.45) is 2.38. The molecule has 0 heterocycles. The maximum atomic E-state index is 14.1. The maximum absolute atomic E-state index is 14.1. The van der Waals surface area contributed by atoms with Gasteiger partial charge in [-0.15, -0.1) is 0 Å². The predicted octanol–water partition coefficient (Wildman–Crippen LogP) is 4.36. The second-order valence-electron chi connectivity index (χ2n) is 7.62. The smallest absolute Gasteiger partial charge is 0.163 e. The van der Waals surface area contributed by atoms with Gasteiger partial charge >= 0.3 is 0 Å². The van der Waals surface area contributed by atoms with E-state index in [1.54, 1.807) is 6.07 Å². The van der Waals surface area contributed by atoms with E-state index < -0.39 is 17.2 Å². The third-order valence-electron chi connectivity index (χ3n) is 4.03. The van der Waals surface area contributed by atoms with Crippen LogP contribution < -0.4 is 5.73 Å². The van der Waals surface area contributed by atoms with E-state index in [-0.39, 0.29) is 10.8 Å². The van der Waals surface area contributed by atoms with Gasteiger partial charge < -0.3 is 5.73 Å². The van der Waals surface area contributed by atoms with Gasteiger partial charge in [-0.1, -0.05) is 39.8 Å². The van der Waals surface area contributed by atoms with Crippen molar-refractivity contribution in [3.63, 3.8) is 0 Å². The Balaban J connectivity index is 2.49. The predicted molar refractivity (Wildman–Crippen MR) is 73.6 cm³/mol. The lowest BCUT2D eigenvalue weighted by Gasteiger charge is -2.50. The summed E-state index contributed by atoms with van der Waals surface area (Å²) in [5.41, 5.74) is 6.06. The highest BCUT2D eigenvalue weighted by Crippen LogP contribution is 2.53. The van der Waals surface area contributed by atoms with Crippen LogP contribution in [0.25, 0.3) is 0 Å². The minimum absolute atomic E-state index is 0.0231. The van der Waals surface area contributed by atoms with Crippen LogP contribution in [-0.2, 0) is 5.54 Å². The van der Waals surface area contributed by atoms with Crippen molar-refractivity contribution in [2.24, 2.45) is 16.6 Å². The second-order valence-corrected chi connectivity index (χ2v) is 7.62. The lowest BCUT2D eigenvalue weighted by atomic mass is 9.57. The fourth-order valence-corrected chi connectivity index (χ4v) is 4.27. The van der Waals surface area contributed by atoms with Crippen LogP contribution in [-0.4, -0.2) is 0 Å². The van der Waals surface area contributed by atoms with Crippen LogP contribution in [0.5, 0.6) is 0 Å². The first-order valence-electron chi connectivity index (χ1n) is 6.78. The summed E-state index contributed by atoms with van der Waals surface area (Å²) in [6, 6.07) is 4.30. The van der Waals surface area contributed by atoms with E-state index in [9.17, 15) is 8.78 Å². The van der Waals surface area contributed by atoms with Crippen LogP contribution in [0.2, 0.25) is 0 Å². The number of nitrogens with two attached hydrogens (primary N) is 1. The molecule has 1 aromatic rings. The largest absolute Gasteiger partial charge is 0.321 e. The Hall–Kier alpha value is -0.960. The van der Waals surface area contributed by atoms with Crippen molar-refractivity contribution < 1.29 is 8.78 Å². The lowest BCUT2D eigenvalue weighted by molar-refractivity contribution is 0.0450. The van der Waals surface area contributed by atoms with E-state index >= 15 is 0 Å². The maximum Gasteiger partial charge on any atom is 0.163 e. The molecule has 1 saturated carbocycles. The molecule has 3 heteroatoms. The van der Waals surface area contributed by atoms with E-state index in [0.717, 1.165) is 12.5 Å². The number of hydrogen-bond donors (Lipinski definition) is 1. The van der Waals surface area contributed by atoms with Crippen molar-refractivity contribution in [1.82, 2.24) is 0 Å². The quantitative estimate of drug-likeness (QED) is 0.804. The first-order chi connectivity index (χ1) is 8.55. The molecule has 1 nitrogen and oxygen atoms in total. The summed E-state index contributed by atoms with van der Waals surface area (Å²) < 4.78 is 27.5. The molecule has 1 fully saturated rings. The summed E-state index contributed by atoms with van der Waals surface area (Å²) in [7, 11) is 0. The topological polar surface area (TPSA) is 26.0 Å². The molecule has 2 N–H and O–H groups in total. The van der Waals surface area contributed by atoms with Gasteiger partial charge in [0.25, 0.3) is 0 Å². The molecule has 19 heavy (non-hydrogen) atoms. The molecule has 1 aliphatic rings. The van der Waals surface area contributed by atoms with E-state index in [1.807, 2.05) is 0 Å². The average molecular weight is 267 g/mol. The van der Waals surface area contributed by atoms with Crippen molar-refractivity contribution in [2.45, 2.75) is 52.5 Å². The summed E-state index contributed by atoms with van der Waals surface area (Å²) >= 11 is 0. The molecule has 0 bridgehead atoms. The number of hydrogen-bond acceptors (Lipinski definition) is 1. The van der Waals surface area contributed by atoms with Gasteiger partial charge in [-0.3, -0.25) is 0 Å². The molecule has 2 rings (SSSR count). The number of halogens is 2. The molecule has 0 spiro atoms. The zero-order valence-corrected chi connectivity index (χ0v) is 12.2. The van der Waals surface area contributed by atoms with Gasteiger partial charge in [0.05, 0.1) is 0 Å². The highest BCUT2D eigenvalue weighted by molar-refractivity contribution is 5.28. The molecular weight excluding hydrogens is 244 g/mol. The Morgan fingerprint density at radius 2 is 1.47 bits per heavy atom. The van der Waals surface area contributed by atoms with Crippen LogP contribution >= 0.6 is 0 Å². The number of rotatable bonds is 1. The fraction of sp³-hybridized carbons (Fsp3) is 0.625. The molecule has 106 valence electrons. The van der Waals surface area contributed by atoms with Gasteiger partial charge in [0.1, 0.15) is 0 Å². The minimum atomic E-state index is -0.816. The molecule has 0 radical (unpaired) electrons. The zero-order chi connectivity index (χ0) is 14.5. The molecule has 0 atom stereocenters. The second kappa shape index (κ2) is 4.27. The Labute approximate surface area is 114 Å². The summed E-state index contributed by atoms with van der Waals surface area (Å²) in [5.74, 6) is -1.61. The van der Waals surface area contributed by atoms with Crippen molar-refractivity contribution in [3.8, 4) is 0 Å². The molecule has 0 aliphatic heterocycles. The van der Waals surface area contributed by atoms with E-state index in [0.29, 0.717) is 18.4 Å². The Morgan fingerprint density at radius 3 is 2.00 bits per heavy atom. The first kappa shape index (κ1) is 14.4. The normalized spacial score (nSPS) is 24.2. The summed E-state index contributed by atoms with van der Waals surface area (Å²) in [5, 5.41) is 0. The average Bonchev–Trinajstić information content (AvgIpc) is 2.16. The van der Waals surface area contributed by atoms with Gasteiger partial charge in [-0.05, 0) is 36.2 Å². The molecule has 1 aliphatic carbocycles. The first-order valence-corrected chi connectivity index (χ1v) is 6.78. The van der Waals surface area contributed by atoms with Gasteiger partial charge in [-0.2, -0.15) is 0 Å². The highest BCUT2D eigenvalue weighted by atomic mass is 19.2. The Morgan fingerprint density at radius 1 is 0.947 bits per heavy atom. The van der Waals surface area contributed by atoms with Gasteiger partial charge in [0.2, 0.25) is 0 Å². The number of benzene rings is 1. The van der Waals surface area contributed by atoms with Gasteiger partial charge in [0, 0.05) is 11.1 Å². The van der Waals surface area contributed by atoms with E-state index in [2.05, 4.69) is 27.7 Å². The molecule has 0 aromatic heterocycles. The molecule has 0 unspecified atom stereocenters. The van der Waals surface area contributed by atoms with E-state index in [1.165, 1.54) is 6.07 Å². The highest BCUT2D eigenvalue weighted by Gasteiger charge is 2.47. The standard InChI is InChI=1S/C16H23F2N/c1-14(2)8-15(3,4)10-16(19,9-14)11-6-5-7-12(17)13(11)18/h5-7H,8-10,19H2,1-4H3. The minimum Gasteiger partial charge on any atom is -0.321 e. The zero-order valence-electron chi connectivity index (χ0n) is 12.2. The van der Waals surface area contributed by atoms with Gasteiger partial charge in [-0.25, -0.2) is 8.78 Å². The summed E-state index contributed by atoms with van der Waals surface area (Å²) in [4.78, 5) is 0. The van der Waals surface area contributed by atoms with Gasteiger partial charge in [0.15, 0.2) is 11.6 Å². The SMILES string of the molecule is CC1(C)CC(C)(C)CC(N)(c2cccc(F)c2F)C1. The third-order valence-corrected chi connectivity index (χ3v) is 4.03. The van der Waals surface area contributed by atoms with Crippen molar-refractivity contribution in [1.29, 1.82) is 0 Å². The lowest BCUT2D eigenvalue weighted by Crippen LogP contribution is -2.50. The van der Waals surface area contributed by atoms with Crippen LogP contribution in [0, 0.1) is 22.5 Å². The van der Waals surface area contributed by atoms with E-state index in [4.69, 9.17) is 5.73 Å². The van der Waals surface area contributed by atoms with Crippen LogP contribution in [0.3, 0.4) is 0 Å². The van der Waals surface area contributed by atoms with Crippen LogP contribution in [0.4, 0.5) is 8.78 Å². The Kier molecular flexibility index (Phi) is 3.25. The molecular formula is C16H23F2N. The summed E-state index contributed by atoms with van der Waals surface area (Å²) in [6.45, 7) is 8.58. The third kappa shape index (κ3) is 2.81. The monoisotopic (exact) mass is 267 g/mol. The fourth-order valence-electron chi connectivity index (χ4n) is 4.27. The van der Waals surface area contributed by atoms with Crippen molar-refractivity contribution in [3.05, 3.63) is 35.4 Å². The van der Waals surface area contributed by atoms with Crippen LogP contribution in [0.1, 0.15) is 52.5 Å². The Bertz CT molecular complexity index is 476. The molecule has 1 aromatic carbocycles. The van der Waals surface area contributed by atoms with Crippen molar-refractivity contribution >= 4 is 0 Å².